The zero-order chi connectivity index (χ0) is 8.69. The first kappa shape index (κ1) is 10.2. The minimum absolute atomic E-state index is 0.0703. The highest BCUT2D eigenvalue weighted by atomic mass is 16.5. The van der Waals surface area contributed by atoms with E-state index in [4.69, 9.17) is 5.11 Å². The largest absolute Gasteiger partial charge is 0.469 e. The molecular formula is C8H14O3. The summed E-state index contributed by atoms with van der Waals surface area (Å²) in [4.78, 5) is 10.6. The van der Waals surface area contributed by atoms with Gasteiger partial charge in [-0.1, -0.05) is 12.2 Å². The minimum Gasteiger partial charge on any atom is -0.469 e. The van der Waals surface area contributed by atoms with E-state index >= 15 is 0 Å². The lowest BCUT2D eigenvalue weighted by molar-refractivity contribution is -0.142. The normalized spacial score (nSPS) is 13.4. The third-order valence-corrected chi connectivity index (χ3v) is 1.27. The van der Waals surface area contributed by atoms with Gasteiger partial charge in [0.15, 0.2) is 0 Å². The maximum Gasteiger partial charge on any atom is 0.308 e. The summed E-state index contributed by atoms with van der Waals surface area (Å²) in [6.07, 6.45) is 3.61. The SMILES string of the molecule is C/C=C\CC(O)CC(=O)OC. The van der Waals surface area contributed by atoms with E-state index in [1.807, 2.05) is 19.1 Å². The van der Waals surface area contributed by atoms with Crippen LogP contribution < -0.4 is 0 Å². The molecule has 1 unspecified atom stereocenters. The van der Waals surface area contributed by atoms with Crippen molar-refractivity contribution in [3.8, 4) is 0 Å². The first-order valence-electron chi connectivity index (χ1n) is 3.56. The Morgan fingerprint density at radius 2 is 2.36 bits per heavy atom. The Balaban J connectivity index is 3.51. The second-order valence-corrected chi connectivity index (χ2v) is 2.24. The quantitative estimate of drug-likeness (QED) is 0.488. The van der Waals surface area contributed by atoms with Crippen LogP contribution in [0.25, 0.3) is 0 Å². The molecule has 3 heteroatoms. The van der Waals surface area contributed by atoms with Gasteiger partial charge in [-0.25, -0.2) is 0 Å². The molecule has 0 spiro atoms. The Bertz CT molecular complexity index is 140. The van der Waals surface area contributed by atoms with E-state index in [-0.39, 0.29) is 12.4 Å². The van der Waals surface area contributed by atoms with Crippen LogP contribution in [0.4, 0.5) is 0 Å². The van der Waals surface area contributed by atoms with Crippen LogP contribution in [0.1, 0.15) is 19.8 Å². The molecule has 0 bridgehead atoms. The van der Waals surface area contributed by atoms with E-state index in [9.17, 15) is 4.79 Å². The lowest BCUT2D eigenvalue weighted by Gasteiger charge is -2.04. The number of hydrogen-bond acceptors (Lipinski definition) is 3. The predicted molar refractivity (Wildman–Crippen MR) is 42.1 cm³/mol. The number of hydrogen-bond donors (Lipinski definition) is 1. The Hall–Kier alpha value is -0.830. The zero-order valence-corrected chi connectivity index (χ0v) is 6.91. The summed E-state index contributed by atoms with van der Waals surface area (Å²) in [5.41, 5.74) is 0. The number of aliphatic hydroxyl groups excluding tert-OH is 1. The van der Waals surface area contributed by atoms with Crippen molar-refractivity contribution in [2.75, 3.05) is 7.11 Å². The number of carbonyl (C=O) groups excluding carboxylic acids is 1. The molecule has 0 aromatic carbocycles. The van der Waals surface area contributed by atoms with Gasteiger partial charge in [-0.15, -0.1) is 0 Å². The molecule has 0 aliphatic rings. The number of esters is 1. The van der Waals surface area contributed by atoms with Crippen LogP contribution in [-0.2, 0) is 9.53 Å². The molecule has 0 aliphatic carbocycles. The van der Waals surface area contributed by atoms with Gasteiger partial charge >= 0.3 is 5.97 Å². The van der Waals surface area contributed by atoms with Crippen molar-refractivity contribution in [3.05, 3.63) is 12.2 Å². The molecule has 0 amide bonds. The molecule has 0 aliphatic heterocycles. The smallest absolute Gasteiger partial charge is 0.308 e. The molecule has 64 valence electrons. The van der Waals surface area contributed by atoms with Crippen LogP contribution in [0.2, 0.25) is 0 Å². The molecule has 0 heterocycles. The monoisotopic (exact) mass is 158 g/mol. The molecule has 0 saturated carbocycles. The third kappa shape index (κ3) is 5.61. The molecule has 11 heavy (non-hydrogen) atoms. The molecule has 0 aromatic heterocycles. The van der Waals surface area contributed by atoms with Gasteiger partial charge in [0, 0.05) is 0 Å². The molecular weight excluding hydrogens is 144 g/mol. The lowest BCUT2D eigenvalue weighted by atomic mass is 10.2. The van der Waals surface area contributed by atoms with Crippen molar-refractivity contribution in [2.45, 2.75) is 25.9 Å². The number of allylic oxidation sites excluding steroid dienone is 1. The van der Waals surface area contributed by atoms with Crippen molar-refractivity contribution in [2.24, 2.45) is 0 Å². The summed E-state index contributed by atoms with van der Waals surface area (Å²) in [6.45, 7) is 1.87. The molecule has 0 rings (SSSR count). The average Bonchev–Trinajstić information content (AvgIpc) is 2.00. The maximum atomic E-state index is 10.6. The van der Waals surface area contributed by atoms with E-state index < -0.39 is 6.10 Å². The van der Waals surface area contributed by atoms with E-state index in [0.717, 1.165) is 0 Å². The summed E-state index contributed by atoms with van der Waals surface area (Å²) >= 11 is 0. The van der Waals surface area contributed by atoms with Crippen LogP contribution in [0.3, 0.4) is 0 Å². The molecule has 3 nitrogen and oxygen atoms in total. The summed E-state index contributed by atoms with van der Waals surface area (Å²) in [5, 5.41) is 9.13. The fourth-order valence-corrected chi connectivity index (χ4v) is 0.652. The number of ether oxygens (including phenoxy) is 1. The summed E-state index contributed by atoms with van der Waals surface area (Å²) < 4.78 is 4.38. The van der Waals surface area contributed by atoms with Crippen molar-refractivity contribution >= 4 is 5.97 Å². The third-order valence-electron chi connectivity index (χ3n) is 1.27. The molecule has 0 saturated heterocycles. The highest BCUT2D eigenvalue weighted by molar-refractivity contribution is 5.69. The van der Waals surface area contributed by atoms with Crippen molar-refractivity contribution < 1.29 is 14.6 Å². The van der Waals surface area contributed by atoms with Crippen LogP contribution in [0.15, 0.2) is 12.2 Å². The Kier molecular flexibility index (Phi) is 5.47. The Morgan fingerprint density at radius 3 is 2.82 bits per heavy atom. The first-order valence-corrected chi connectivity index (χ1v) is 3.56. The van der Waals surface area contributed by atoms with E-state index in [0.29, 0.717) is 6.42 Å². The van der Waals surface area contributed by atoms with Gasteiger partial charge in [0.25, 0.3) is 0 Å². The topological polar surface area (TPSA) is 46.5 Å². The van der Waals surface area contributed by atoms with E-state index in [1.165, 1.54) is 7.11 Å². The first-order chi connectivity index (χ1) is 5.20. The van der Waals surface area contributed by atoms with Gasteiger partial charge in [-0.3, -0.25) is 4.79 Å². The van der Waals surface area contributed by atoms with Crippen LogP contribution >= 0.6 is 0 Å². The van der Waals surface area contributed by atoms with Crippen molar-refractivity contribution in [1.29, 1.82) is 0 Å². The van der Waals surface area contributed by atoms with Crippen LogP contribution in [0, 0.1) is 0 Å². The standard InChI is InChI=1S/C8H14O3/c1-3-4-5-7(9)6-8(10)11-2/h3-4,7,9H,5-6H2,1-2H3/b4-3-. The molecule has 0 radical (unpaired) electrons. The maximum absolute atomic E-state index is 10.6. The zero-order valence-electron chi connectivity index (χ0n) is 6.91. The van der Waals surface area contributed by atoms with Crippen molar-refractivity contribution in [1.82, 2.24) is 0 Å². The summed E-state index contributed by atoms with van der Waals surface area (Å²) in [5.74, 6) is -0.373. The van der Waals surface area contributed by atoms with Crippen molar-refractivity contribution in [3.63, 3.8) is 0 Å². The second kappa shape index (κ2) is 5.92. The molecule has 0 fully saturated rings. The summed E-state index contributed by atoms with van der Waals surface area (Å²) in [6, 6.07) is 0. The summed E-state index contributed by atoms with van der Waals surface area (Å²) in [7, 11) is 1.31. The predicted octanol–water partition coefficient (Wildman–Crippen LogP) is 0.877. The van der Waals surface area contributed by atoms with E-state index in [2.05, 4.69) is 4.74 Å². The molecule has 1 atom stereocenters. The highest BCUT2D eigenvalue weighted by Gasteiger charge is 2.08. The van der Waals surface area contributed by atoms with E-state index in [1.54, 1.807) is 0 Å². The van der Waals surface area contributed by atoms with Crippen LogP contribution in [-0.4, -0.2) is 24.3 Å². The van der Waals surface area contributed by atoms with Gasteiger partial charge in [-0.2, -0.15) is 0 Å². The Morgan fingerprint density at radius 1 is 1.73 bits per heavy atom. The van der Waals surface area contributed by atoms with Crippen LogP contribution in [0.5, 0.6) is 0 Å². The van der Waals surface area contributed by atoms with Gasteiger partial charge in [0.05, 0.1) is 19.6 Å². The highest BCUT2D eigenvalue weighted by Crippen LogP contribution is 1.99. The second-order valence-electron chi connectivity index (χ2n) is 2.24. The fourth-order valence-electron chi connectivity index (χ4n) is 0.652. The number of aliphatic hydroxyl groups is 1. The number of carbonyl (C=O) groups is 1. The lowest BCUT2D eigenvalue weighted by Crippen LogP contribution is -2.13. The average molecular weight is 158 g/mol. The van der Waals surface area contributed by atoms with Gasteiger partial charge in [-0.05, 0) is 13.3 Å². The van der Waals surface area contributed by atoms with Gasteiger partial charge in [0.1, 0.15) is 0 Å². The van der Waals surface area contributed by atoms with Gasteiger partial charge in [0.2, 0.25) is 0 Å². The molecule has 0 aromatic rings. The molecule has 1 N–H and O–H groups in total. The Labute approximate surface area is 66.7 Å². The number of rotatable bonds is 4. The minimum atomic E-state index is -0.612. The number of methoxy groups -OCH3 is 1. The fraction of sp³-hybridized carbons (Fsp3) is 0.625. The van der Waals surface area contributed by atoms with Gasteiger partial charge < -0.3 is 9.84 Å².